The van der Waals surface area contributed by atoms with E-state index in [4.69, 9.17) is 4.74 Å². The van der Waals surface area contributed by atoms with E-state index < -0.39 is 4.92 Å². The molecular formula is C23H24N6O5S. The molecule has 0 fully saturated rings. The number of aromatic nitrogens is 3. The number of ether oxygens (including phenoxy) is 1. The Morgan fingerprint density at radius 1 is 1.14 bits per heavy atom. The highest BCUT2D eigenvalue weighted by Gasteiger charge is 2.17. The van der Waals surface area contributed by atoms with Crippen molar-refractivity contribution < 1.29 is 19.2 Å². The van der Waals surface area contributed by atoms with Crippen LogP contribution in [0.4, 0.5) is 17.1 Å². The van der Waals surface area contributed by atoms with E-state index in [1.165, 1.54) is 6.07 Å². The summed E-state index contributed by atoms with van der Waals surface area (Å²) >= 11 is 1.13. The zero-order chi connectivity index (χ0) is 25.4. The Labute approximate surface area is 205 Å². The molecule has 1 aromatic heterocycles. The minimum absolute atomic E-state index is 0.00497. The molecule has 0 aliphatic rings. The predicted molar refractivity (Wildman–Crippen MR) is 133 cm³/mol. The smallest absolute Gasteiger partial charge is 0.274 e. The molecule has 12 heteroatoms. The first-order valence-corrected chi connectivity index (χ1v) is 11.4. The number of benzene rings is 2. The number of carbonyl (C=O) groups excluding carboxylic acids is 2. The summed E-state index contributed by atoms with van der Waals surface area (Å²) in [6, 6.07) is 11.4. The number of amides is 2. The highest BCUT2D eigenvalue weighted by molar-refractivity contribution is 7.99. The summed E-state index contributed by atoms with van der Waals surface area (Å²) in [6.07, 6.45) is 1.62. The number of nitrogens with zero attached hydrogens (tertiary/aromatic N) is 4. The number of thioether (sulfide) groups is 1. The number of methoxy groups -OCH3 is 1. The maximum Gasteiger partial charge on any atom is 0.274 e. The Bertz CT molecular complexity index is 1240. The van der Waals surface area contributed by atoms with Gasteiger partial charge in [-0.3, -0.25) is 19.7 Å². The highest BCUT2D eigenvalue weighted by Crippen LogP contribution is 2.23. The zero-order valence-corrected chi connectivity index (χ0v) is 20.0. The largest absolute Gasteiger partial charge is 0.497 e. The fourth-order valence-electron chi connectivity index (χ4n) is 3.10. The second-order valence-electron chi connectivity index (χ2n) is 7.35. The molecule has 35 heavy (non-hydrogen) atoms. The summed E-state index contributed by atoms with van der Waals surface area (Å²) in [6.45, 7) is 5.71. The summed E-state index contributed by atoms with van der Waals surface area (Å²) in [7, 11) is 1.56. The number of nitrogens with one attached hydrogen (secondary N) is 2. The molecule has 11 nitrogen and oxygen atoms in total. The molecule has 0 aliphatic carbocycles. The standard InChI is InChI=1S/C23H24N6O5S/c1-4-11-28-20(13-21(30)24-16-7-9-18(34-3)10-8-16)26-27-23(28)35-14-22(31)25-17-6-5-15(2)19(12-17)29(32)33/h4-10,12H,1,11,13-14H2,2-3H3,(H,24,30)(H,25,31). The summed E-state index contributed by atoms with van der Waals surface area (Å²) in [5, 5.41) is 25.2. The molecule has 3 aromatic rings. The quantitative estimate of drug-likeness (QED) is 0.177. The first kappa shape index (κ1) is 25.4. The molecule has 2 aromatic carbocycles. The van der Waals surface area contributed by atoms with Crippen LogP contribution in [0.15, 0.2) is 60.3 Å². The Kier molecular flexibility index (Phi) is 8.57. The van der Waals surface area contributed by atoms with Crippen molar-refractivity contribution in [3.8, 4) is 5.75 Å². The molecule has 0 radical (unpaired) electrons. The van der Waals surface area contributed by atoms with Crippen LogP contribution in [0.25, 0.3) is 0 Å². The van der Waals surface area contributed by atoms with Gasteiger partial charge in [-0.25, -0.2) is 0 Å². The number of rotatable bonds is 11. The Hall–Kier alpha value is -4.19. The molecule has 0 bridgehead atoms. The van der Waals surface area contributed by atoms with E-state index in [1.807, 2.05) is 0 Å². The monoisotopic (exact) mass is 496 g/mol. The molecule has 0 unspecified atom stereocenters. The van der Waals surface area contributed by atoms with E-state index in [9.17, 15) is 19.7 Å². The van der Waals surface area contributed by atoms with Crippen LogP contribution in [-0.2, 0) is 22.6 Å². The van der Waals surface area contributed by atoms with Gasteiger partial charge in [0, 0.05) is 29.5 Å². The maximum atomic E-state index is 12.5. The fourth-order valence-corrected chi connectivity index (χ4v) is 3.87. The lowest BCUT2D eigenvalue weighted by Gasteiger charge is -2.09. The van der Waals surface area contributed by atoms with Gasteiger partial charge in [-0.15, -0.1) is 16.8 Å². The molecule has 0 saturated carbocycles. The number of aryl methyl sites for hydroxylation is 1. The van der Waals surface area contributed by atoms with Gasteiger partial charge in [0.1, 0.15) is 11.6 Å². The summed E-state index contributed by atoms with van der Waals surface area (Å²) < 4.78 is 6.81. The minimum Gasteiger partial charge on any atom is -0.497 e. The van der Waals surface area contributed by atoms with Crippen LogP contribution in [0, 0.1) is 17.0 Å². The van der Waals surface area contributed by atoms with Crippen molar-refractivity contribution in [1.82, 2.24) is 14.8 Å². The van der Waals surface area contributed by atoms with Crippen molar-refractivity contribution in [2.45, 2.75) is 25.0 Å². The number of allylic oxidation sites excluding steroid dienone is 1. The fraction of sp³-hybridized carbons (Fsp3) is 0.217. The van der Waals surface area contributed by atoms with Crippen molar-refractivity contribution in [2.75, 3.05) is 23.5 Å². The maximum absolute atomic E-state index is 12.5. The first-order valence-electron chi connectivity index (χ1n) is 10.4. The van der Waals surface area contributed by atoms with Crippen LogP contribution in [0.2, 0.25) is 0 Å². The molecule has 0 atom stereocenters. The van der Waals surface area contributed by atoms with Crippen molar-refractivity contribution in [3.63, 3.8) is 0 Å². The van der Waals surface area contributed by atoms with Gasteiger partial charge in [0.15, 0.2) is 5.16 Å². The van der Waals surface area contributed by atoms with Gasteiger partial charge >= 0.3 is 0 Å². The van der Waals surface area contributed by atoms with E-state index in [1.54, 1.807) is 61.1 Å². The summed E-state index contributed by atoms with van der Waals surface area (Å²) in [5.74, 6) is 0.464. The second-order valence-corrected chi connectivity index (χ2v) is 8.29. The van der Waals surface area contributed by atoms with Crippen LogP contribution < -0.4 is 15.4 Å². The van der Waals surface area contributed by atoms with Crippen LogP contribution in [-0.4, -0.2) is 44.4 Å². The summed E-state index contributed by atoms with van der Waals surface area (Å²) in [4.78, 5) is 35.5. The van der Waals surface area contributed by atoms with Gasteiger partial charge in [0.2, 0.25) is 11.8 Å². The van der Waals surface area contributed by atoms with Gasteiger partial charge in [0.05, 0.1) is 24.2 Å². The summed E-state index contributed by atoms with van der Waals surface area (Å²) in [5.41, 5.74) is 1.38. The van der Waals surface area contributed by atoms with Gasteiger partial charge in [-0.1, -0.05) is 23.9 Å². The molecule has 2 amide bonds. The second kappa shape index (κ2) is 11.8. The third-order valence-corrected chi connectivity index (χ3v) is 5.79. The lowest BCUT2D eigenvalue weighted by molar-refractivity contribution is -0.385. The molecule has 1 heterocycles. The van der Waals surface area contributed by atoms with Crippen molar-refractivity contribution in [3.05, 3.63) is 76.6 Å². The Morgan fingerprint density at radius 3 is 2.49 bits per heavy atom. The average Bonchev–Trinajstić information content (AvgIpc) is 3.20. The molecule has 182 valence electrons. The molecule has 0 saturated heterocycles. The zero-order valence-electron chi connectivity index (χ0n) is 19.2. The van der Waals surface area contributed by atoms with Gasteiger partial charge in [-0.2, -0.15) is 0 Å². The number of hydrogen-bond donors (Lipinski definition) is 2. The van der Waals surface area contributed by atoms with Gasteiger partial charge in [-0.05, 0) is 37.3 Å². The van der Waals surface area contributed by atoms with Crippen molar-refractivity contribution >= 4 is 40.6 Å². The van der Waals surface area contributed by atoms with Gasteiger partial charge in [0.25, 0.3) is 5.69 Å². The number of nitro benzene ring substituents is 1. The highest BCUT2D eigenvalue weighted by atomic mass is 32.2. The van der Waals surface area contributed by atoms with Crippen molar-refractivity contribution in [2.24, 2.45) is 0 Å². The molecular weight excluding hydrogens is 472 g/mol. The van der Waals surface area contributed by atoms with E-state index in [0.29, 0.717) is 40.2 Å². The van der Waals surface area contributed by atoms with Crippen LogP contribution in [0.5, 0.6) is 5.75 Å². The number of nitro groups is 1. The SMILES string of the molecule is C=CCn1c(CC(=O)Nc2ccc(OC)cc2)nnc1SCC(=O)Nc1ccc(C)c([N+](=O)[O-])c1. The van der Waals surface area contributed by atoms with E-state index >= 15 is 0 Å². The van der Waals surface area contributed by atoms with Crippen LogP contribution in [0.3, 0.4) is 0 Å². The topological polar surface area (TPSA) is 141 Å². The van der Waals surface area contributed by atoms with Gasteiger partial charge < -0.3 is 19.9 Å². The van der Waals surface area contributed by atoms with E-state index in [-0.39, 0.29) is 29.7 Å². The average molecular weight is 497 g/mol. The lowest BCUT2D eigenvalue weighted by Crippen LogP contribution is -2.18. The number of anilines is 2. The molecule has 0 aliphatic heterocycles. The minimum atomic E-state index is -0.496. The predicted octanol–water partition coefficient (Wildman–Crippen LogP) is 3.60. The normalized spacial score (nSPS) is 10.5. The van der Waals surface area contributed by atoms with Crippen LogP contribution >= 0.6 is 11.8 Å². The first-order chi connectivity index (χ1) is 16.8. The molecule has 3 rings (SSSR count). The molecule has 0 spiro atoms. The molecule has 2 N–H and O–H groups in total. The van der Waals surface area contributed by atoms with Crippen molar-refractivity contribution in [1.29, 1.82) is 0 Å². The number of hydrogen-bond acceptors (Lipinski definition) is 8. The Morgan fingerprint density at radius 2 is 1.83 bits per heavy atom. The third-order valence-electron chi connectivity index (χ3n) is 4.82. The Balaban J connectivity index is 1.62. The number of carbonyl (C=O) groups is 2. The third kappa shape index (κ3) is 6.90. The van der Waals surface area contributed by atoms with Crippen LogP contribution in [0.1, 0.15) is 11.4 Å². The lowest BCUT2D eigenvalue weighted by atomic mass is 10.2. The van der Waals surface area contributed by atoms with E-state index in [2.05, 4.69) is 27.4 Å². The van der Waals surface area contributed by atoms with E-state index in [0.717, 1.165) is 11.8 Å².